The Bertz CT molecular complexity index is 899. The quantitative estimate of drug-likeness (QED) is 0.315. The number of carboxylic acid groups (broad SMARTS) is 1. The Morgan fingerprint density at radius 1 is 1.23 bits per heavy atom. The van der Waals surface area contributed by atoms with Crippen molar-refractivity contribution < 1.29 is 58.8 Å². The molecule has 0 radical (unpaired) electrons. The normalized spacial score (nSPS) is 13.3. The number of carbonyl (C=O) groups is 1. The fraction of sp³-hybridized carbons (Fsp3) is 0.364. The standard InChI is InChI=1S/C22H26FNO5.Na/c1-13(2)22-19(9-8-17(25)11-18(26)12-21(27)28)20(10-14(3)24(22)29)15-4-6-16(23)7-5-15;/h4-10,13,17-18,25-26H,11-12H2,1-3H3,(H,27,28);/q;+1/p-1/b9-8+;/t17-,18-;/m1./s1. The number of aryl methyl sites for hydroxylation is 1. The van der Waals surface area contributed by atoms with Crippen molar-refractivity contribution in [3.63, 3.8) is 0 Å². The summed E-state index contributed by atoms with van der Waals surface area (Å²) in [7, 11) is 0. The third kappa shape index (κ3) is 6.89. The smallest absolute Gasteiger partial charge is 0.618 e. The van der Waals surface area contributed by atoms with E-state index in [-0.39, 0.29) is 47.7 Å². The summed E-state index contributed by atoms with van der Waals surface area (Å²) < 4.78 is 14.2. The molecule has 0 aliphatic carbocycles. The summed E-state index contributed by atoms with van der Waals surface area (Å²) in [6, 6.07) is 7.58. The van der Waals surface area contributed by atoms with E-state index in [1.54, 1.807) is 31.2 Å². The number of hydrogen-bond acceptors (Lipinski definition) is 5. The Hall–Kier alpha value is -1.77. The molecule has 2 N–H and O–H groups in total. The molecule has 2 rings (SSSR count). The third-order valence-electron chi connectivity index (χ3n) is 4.56. The first kappa shape index (κ1) is 26.3. The summed E-state index contributed by atoms with van der Waals surface area (Å²) in [4.78, 5) is 10.6. The van der Waals surface area contributed by atoms with Gasteiger partial charge in [-0.15, -0.1) is 0 Å². The Morgan fingerprint density at radius 3 is 2.37 bits per heavy atom. The zero-order chi connectivity index (χ0) is 21.7. The summed E-state index contributed by atoms with van der Waals surface area (Å²) >= 11 is 0. The van der Waals surface area contributed by atoms with Crippen LogP contribution in [0.4, 0.5) is 4.39 Å². The van der Waals surface area contributed by atoms with Crippen LogP contribution in [0.5, 0.6) is 0 Å². The first-order valence-corrected chi connectivity index (χ1v) is 9.37. The van der Waals surface area contributed by atoms with E-state index >= 15 is 0 Å². The molecule has 1 aromatic heterocycles. The molecule has 0 amide bonds. The molecule has 0 unspecified atom stereocenters. The number of aromatic nitrogens is 1. The average Bonchev–Trinajstić information content (AvgIpc) is 2.61. The van der Waals surface area contributed by atoms with Crippen molar-refractivity contribution in [2.24, 2.45) is 0 Å². The van der Waals surface area contributed by atoms with Crippen LogP contribution in [0.2, 0.25) is 0 Å². The number of benzene rings is 1. The van der Waals surface area contributed by atoms with Crippen molar-refractivity contribution in [2.75, 3.05) is 0 Å². The monoisotopic (exact) mass is 425 g/mol. The minimum absolute atomic E-state index is 0. The molecule has 0 aliphatic heterocycles. The number of nitrogens with zero attached hydrogens (tertiary/aromatic N) is 1. The van der Waals surface area contributed by atoms with E-state index < -0.39 is 24.6 Å². The summed E-state index contributed by atoms with van der Waals surface area (Å²) in [5.74, 6) is -1.91. The number of aliphatic hydroxyl groups excluding tert-OH is 2. The van der Waals surface area contributed by atoms with E-state index in [9.17, 15) is 29.7 Å². The van der Waals surface area contributed by atoms with Crippen LogP contribution >= 0.6 is 0 Å². The van der Waals surface area contributed by atoms with Crippen LogP contribution in [-0.4, -0.2) is 28.4 Å². The predicted octanol–water partition coefficient (Wildman–Crippen LogP) is -1.17. The fourth-order valence-electron chi connectivity index (χ4n) is 3.21. The molecule has 156 valence electrons. The molecular formula is C22H25FNNaO5. The molecule has 1 aromatic carbocycles. The molecule has 0 saturated heterocycles. The van der Waals surface area contributed by atoms with Crippen molar-refractivity contribution >= 4 is 12.0 Å². The minimum Gasteiger partial charge on any atom is -0.618 e. The number of carbonyl (C=O) groups excluding carboxylic acids is 1. The molecule has 0 fully saturated rings. The second-order valence-electron chi connectivity index (χ2n) is 7.35. The average molecular weight is 425 g/mol. The number of aliphatic carboxylic acids is 1. The van der Waals surface area contributed by atoms with Crippen molar-refractivity contribution in [1.82, 2.24) is 0 Å². The minimum atomic E-state index is -1.40. The summed E-state index contributed by atoms with van der Waals surface area (Å²) in [6.45, 7) is 5.43. The molecule has 2 atom stereocenters. The van der Waals surface area contributed by atoms with Crippen molar-refractivity contribution in [2.45, 2.75) is 51.7 Å². The molecule has 6 nitrogen and oxygen atoms in total. The van der Waals surface area contributed by atoms with Gasteiger partial charge in [-0.2, -0.15) is 4.73 Å². The first-order valence-electron chi connectivity index (χ1n) is 9.37. The van der Waals surface area contributed by atoms with E-state index in [4.69, 9.17) is 0 Å². The molecule has 0 spiro atoms. The van der Waals surface area contributed by atoms with E-state index in [0.717, 1.165) is 4.73 Å². The van der Waals surface area contributed by atoms with Gasteiger partial charge in [-0.05, 0) is 23.8 Å². The Labute approximate surface area is 197 Å². The molecule has 8 heteroatoms. The Balaban J connectivity index is 0.00000450. The number of pyridine rings is 1. The zero-order valence-electron chi connectivity index (χ0n) is 17.6. The number of carboxylic acids is 1. The van der Waals surface area contributed by atoms with E-state index in [0.29, 0.717) is 28.1 Å². The van der Waals surface area contributed by atoms with E-state index in [1.165, 1.54) is 18.2 Å². The zero-order valence-corrected chi connectivity index (χ0v) is 19.6. The third-order valence-corrected chi connectivity index (χ3v) is 4.56. The molecule has 30 heavy (non-hydrogen) atoms. The van der Waals surface area contributed by atoms with Crippen LogP contribution in [0.3, 0.4) is 0 Å². The molecule has 0 saturated carbocycles. The van der Waals surface area contributed by atoms with Gasteiger partial charge in [-0.3, -0.25) is 0 Å². The van der Waals surface area contributed by atoms with E-state index in [1.807, 2.05) is 13.8 Å². The SMILES string of the molecule is Cc1cc(-c2ccc(F)cc2)c(/C=C/[C@@H](O)C[C@@H](O)CC(=O)[O-])c(C(C)C)[n+]1[O-].[Na+]. The molecule has 2 aromatic rings. The second-order valence-corrected chi connectivity index (χ2v) is 7.35. The Kier molecular flexibility index (Phi) is 10.1. The maximum Gasteiger partial charge on any atom is 1.00 e. The van der Waals surface area contributed by atoms with Gasteiger partial charge in [0.15, 0.2) is 5.69 Å². The van der Waals surface area contributed by atoms with Gasteiger partial charge in [0.05, 0.1) is 17.8 Å². The van der Waals surface area contributed by atoms with Crippen LogP contribution in [0, 0.1) is 17.9 Å². The van der Waals surface area contributed by atoms with Crippen LogP contribution in [0.25, 0.3) is 17.2 Å². The van der Waals surface area contributed by atoms with Gasteiger partial charge in [0, 0.05) is 43.3 Å². The van der Waals surface area contributed by atoms with Gasteiger partial charge in [0.2, 0.25) is 5.69 Å². The van der Waals surface area contributed by atoms with Gasteiger partial charge >= 0.3 is 29.6 Å². The number of hydrogen-bond donors (Lipinski definition) is 2. The van der Waals surface area contributed by atoms with Gasteiger partial charge in [0.1, 0.15) is 5.82 Å². The fourth-order valence-corrected chi connectivity index (χ4v) is 3.21. The number of aliphatic hydroxyl groups is 2. The van der Waals surface area contributed by atoms with Crippen molar-refractivity contribution in [1.29, 1.82) is 0 Å². The maximum absolute atomic E-state index is 13.3. The first-order chi connectivity index (χ1) is 13.6. The maximum atomic E-state index is 13.3. The number of rotatable bonds is 8. The largest absolute Gasteiger partial charge is 1.00 e. The van der Waals surface area contributed by atoms with Crippen molar-refractivity contribution in [3.05, 3.63) is 64.4 Å². The van der Waals surface area contributed by atoms with Crippen molar-refractivity contribution in [3.8, 4) is 11.1 Å². The molecular weight excluding hydrogens is 400 g/mol. The Morgan fingerprint density at radius 2 is 1.83 bits per heavy atom. The summed E-state index contributed by atoms with van der Waals surface area (Å²) in [6.07, 6.45) is -0.138. The predicted molar refractivity (Wildman–Crippen MR) is 105 cm³/mol. The van der Waals surface area contributed by atoms with Gasteiger partial charge < -0.3 is 25.3 Å². The number of halogens is 1. The van der Waals surface area contributed by atoms with Crippen LogP contribution in [-0.2, 0) is 4.79 Å². The topological polar surface area (TPSA) is 108 Å². The van der Waals surface area contributed by atoms with Gasteiger partial charge in [-0.1, -0.05) is 32.1 Å². The van der Waals surface area contributed by atoms with Gasteiger partial charge in [0.25, 0.3) is 0 Å². The van der Waals surface area contributed by atoms with Gasteiger partial charge in [-0.25, -0.2) is 4.39 Å². The molecule has 1 heterocycles. The van der Waals surface area contributed by atoms with Crippen LogP contribution in [0.15, 0.2) is 36.4 Å². The molecule has 0 aliphatic rings. The van der Waals surface area contributed by atoms with Crippen LogP contribution < -0.4 is 39.4 Å². The summed E-state index contributed by atoms with van der Waals surface area (Å²) in [5, 5.41) is 43.0. The second kappa shape index (κ2) is 11.6. The van der Waals surface area contributed by atoms with Crippen LogP contribution in [0.1, 0.15) is 49.6 Å². The van der Waals surface area contributed by atoms with E-state index in [2.05, 4.69) is 0 Å². The molecule has 0 bridgehead atoms. The summed E-state index contributed by atoms with van der Waals surface area (Å²) in [5.41, 5.74) is 2.96.